The minimum atomic E-state index is -0.385. The molecule has 0 N–H and O–H groups in total. The fraction of sp³-hybridized carbons (Fsp3) is 0.643. The van der Waals surface area contributed by atoms with Crippen molar-refractivity contribution < 1.29 is 9.53 Å². The monoisotopic (exact) mass is 263 g/mol. The first-order valence-electron chi connectivity index (χ1n) is 6.75. The Hall–Kier alpha value is -1.65. The van der Waals surface area contributed by atoms with E-state index in [4.69, 9.17) is 4.74 Å². The maximum Gasteiger partial charge on any atom is 0.341 e. The fourth-order valence-electron chi connectivity index (χ4n) is 2.71. The number of nitrogens with zero attached hydrogens (tertiary/aromatic N) is 3. The van der Waals surface area contributed by atoms with Gasteiger partial charge in [0.15, 0.2) is 0 Å². The van der Waals surface area contributed by atoms with E-state index in [0.29, 0.717) is 29.3 Å². The van der Waals surface area contributed by atoms with Gasteiger partial charge in [-0.15, -0.1) is 0 Å². The molecule has 0 aromatic carbocycles. The molecule has 2 rings (SSSR count). The van der Waals surface area contributed by atoms with E-state index in [1.165, 1.54) is 13.5 Å². The molecule has 0 radical (unpaired) electrons. The Morgan fingerprint density at radius 1 is 1.37 bits per heavy atom. The number of hydrogen-bond acceptors (Lipinski definition) is 5. The van der Waals surface area contributed by atoms with Crippen LogP contribution in [0.15, 0.2) is 6.20 Å². The summed E-state index contributed by atoms with van der Waals surface area (Å²) in [4.78, 5) is 22.6. The van der Waals surface area contributed by atoms with Crippen LogP contribution in [0, 0.1) is 6.92 Å². The summed E-state index contributed by atoms with van der Waals surface area (Å²) in [6.07, 6.45) is 5.13. The molecule has 2 atom stereocenters. The first-order chi connectivity index (χ1) is 9.04. The van der Waals surface area contributed by atoms with Gasteiger partial charge in [0.25, 0.3) is 0 Å². The molecule has 2 heterocycles. The van der Waals surface area contributed by atoms with Gasteiger partial charge < -0.3 is 9.64 Å². The van der Waals surface area contributed by atoms with Crippen molar-refractivity contribution in [3.63, 3.8) is 0 Å². The van der Waals surface area contributed by atoms with E-state index in [2.05, 4.69) is 28.7 Å². The van der Waals surface area contributed by atoms with E-state index >= 15 is 0 Å². The van der Waals surface area contributed by atoms with Gasteiger partial charge >= 0.3 is 5.97 Å². The van der Waals surface area contributed by atoms with Crippen LogP contribution in [0.2, 0.25) is 0 Å². The molecule has 1 aliphatic heterocycles. The number of carbonyl (C=O) groups excluding carboxylic acids is 1. The molecule has 1 aromatic heterocycles. The van der Waals surface area contributed by atoms with Gasteiger partial charge in [-0.2, -0.15) is 0 Å². The van der Waals surface area contributed by atoms with Gasteiger partial charge in [-0.05, 0) is 40.0 Å². The summed E-state index contributed by atoms with van der Waals surface area (Å²) in [7, 11) is 1.37. The lowest BCUT2D eigenvalue weighted by molar-refractivity contribution is 0.0599. The molecule has 1 saturated heterocycles. The lowest BCUT2D eigenvalue weighted by atomic mass is 9.98. The lowest BCUT2D eigenvalue weighted by Crippen LogP contribution is -2.45. The van der Waals surface area contributed by atoms with Crippen LogP contribution in [0.4, 0.5) is 5.95 Å². The number of carbonyl (C=O) groups is 1. The second-order valence-corrected chi connectivity index (χ2v) is 5.20. The zero-order valence-corrected chi connectivity index (χ0v) is 12.0. The minimum Gasteiger partial charge on any atom is -0.465 e. The average molecular weight is 263 g/mol. The third-order valence-corrected chi connectivity index (χ3v) is 3.80. The number of methoxy groups -OCH3 is 1. The van der Waals surface area contributed by atoms with Crippen LogP contribution < -0.4 is 4.90 Å². The van der Waals surface area contributed by atoms with Gasteiger partial charge in [0.1, 0.15) is 0 Å². The van der Waals surface area contributed by atoms with Crippen LogP contribution in [0.25, 0.3) is 0 Å². The second kappa shape index (κ2) is 5.55. The van der Waals surface area contributed by atoms with Crippen LogP contribution in [0.5, 0.6) is 0 Å². The normalized spacial score (nSPS) is 23.3. The number of aromatic nitrogens is 2. The SMILES string of the molecule is COC(=O)c1cnc(N2[C@H](C)CCC[C@H]2C)nc1C. The van der Waals surface area contributed by atoms with E-state index in [-0.39, 0.29) is 5.97 Å². The Kier molecular flexibility index (Phi) is 4.02. The van der Waals surface area contributed by atoms with Gasteiger partial charge in [0.2, 0.25) is 5.95 Å². The summed E-state index contributed by atoms with van der Waals surface area (Å²) in [6.45, 7) is 6.21. The molecule has 1 fully saturated rings. The molecule has 1 aliphatic rings. The topological polar surface area (TPSA) is 55.3 Å². The van der Waals surface area contributed by atoms with Gasteiger partial charge in [0, 0.05) is 18.3 Å². The van der Waals surface area contributed by atoms with Crippen molar-refractivity contribution in [2.45, 2.75) is 52.1 Å². The number of esters is 1. The number of aryl methyl sites for hydroxylation is 1. The molecule has 5 heteroatoms. The van der Waals surface area contributed by atoms with E-state index < -0.39 is 0 Å². The first-order valence-corrected chi connectivity index (χ1v) is 6.75. The summed E-state index contributed by atoms with van der Waals surface area (Å²) in [5.41, 5.74) is 1.10. The van der Waals surface area contributed by atoms with Crippen molar-refractivity contribution in [1.82, 2.24) is 9.97 Å². The Balaban J connectivity index is 2.30. The molecule has 0 bridgehead atoms. The number of piperidine rings is 1. The van der Waals surface area contributed by atoms with Crippen LogP contribution >= 0.6 is 0 Å². The van der Waals surface area contributed by atoms with Crippen molar-refractivity contribution in [3.05, 3.63) is 17.5 Å². The van der Waals surface area contributed by atoms with E-state index in [1.807, 2.05) is 6.92 Å². The predicted octanol–water partition coefficient (Wildman–Crippen LogP) is 2.34. The first kappa shape index (κ1) is 13.8. The van der Waals surface area contributed by atoms with Crippen LogP contribution in [0.1, 0.15) is 49.2 Å². The largest absolute Gasteiger partial charge is 0.465 e. The highest BCUT2D eigenvalue weighted by molar-refractivity contribution is 5.90. The molecule has 1 aromatic rings. The Bertz CT molecular complexity index is 466. The standard InChI is InChI=1S/C14H21N3O2/c1-9-6-5-7-10(2)17(9)14-15-8-12(11(3)16-14)13(18)19-4/h8-10H,5-7H2,1-4H3/t9-,10-/m1/s1. The smallest absolute Gasteiger partial charge is 0.341 e. The van der Waals surface area contributed by atoms with Gasteiger partial charge in [-0.1, -0.05) is 0 Å². The highest BCUT2D eigenvalue weighted by atomic mass is 16.5. The number of hydrogen-bond donors (Lipinski definition) is 0. The Morgan fingerprint density at radius 3 is 2.53 bits per heavy atom. The summed E-state index contributed by atoms with van der Waals surface area (Å²) < 4.78 is 4.71. The van der Waals surface area contributed by atoms with Crippen molar-refractivity contribution in [2.24, 2.45) is 0 Å². The zero-order valence-electron chi connectivity index (χ0n) is 12.0. The molecule has 0 unspecified atom stereocenters. The van der Waals surface area contributed by atoms with Crippen molar-refractivity contribution in [1.29, 1.82) is 0 Å². The highest BCUT2D eigenvalue weighted by Gasteiger charge is 2.27. The molecule has 0 aliphatic carbocycles. The van der Waals surface area contributed by atoms with E-state index in [1.54, 1.807) is 6.20 Å². The molecule has 0 saturated carbocycles. The lowest BCUT2D eigenvalue weighted by Gasteiger charge is -2.39. The maximum absolute atomic E-state index is 11.5. The zero-order chi connectivity index (χ0) is 14.0. The van der Waals surface area contributed by atoms with Crippen LogP contribution in [-0.2, 0) is 4.74 Å². The van der Waals surface area contributed by atoms with Gasteiger partial charge in [-0.3, -0.25) is 0 Å². The average Bonchev–Trinajstić information content (AvgIpc) is 2.38. The van der Waals surface area contributed by atoms with Crippen molar-refractivity contribution in [3.8, 4) is 0 Å². The predicted molar refractivity (Wildman–Crippen MR) is 73.4 cm³/mol. The van der Waals surface area contributed by atoms with E-state index in [0.717, 1.165) is 12.8 Å². The maximum atomic E-state index is 11.5. The third kappa shape index (κ3) is 2.69. The fourth-order valence-corrected chi connectivity index (χ4v) is 2.71. The van der Waals surface area contributed by atoms with Crippen molar-refractivity contribution in [2.75, 3.05) is 12.0 Å². The highest BCUT2D eigenvalue weighted by Crippen LogP contribution is 2.26. The molecule has 0 spiro atoms. The van der Waals surface area contributed by atoms with Crippen LogP contribution in [-0.4, -0.2) is 35.1 Å². The second-order valence-electron chi connectivity index (χ2n) is 5.20. The number of anilines is 1. The summed E-state index contributed by atoms with van der Waals surface area (Å²) in [6, 6.07) is 0.874. The molecule has 0 amide bonds. The van der Waals surface area contributed by atoms with Crippen molar-refractivity contribution >= 4 is 11.9 Å². The van der Waals surface area contributed by atoms with E-state index in [9.17, 15) is 4.79 Å². The minimum absolute atomic E-state index is 0.385. The quantitative estimate of drug-likeness (QED) is 0.767. The van der Waals surface area contributed by atoms with Crippen LogP contribution in [0.3, 0.4) is 0 Å². The Labute approximate surface area is 114 Å². The summed E-state index contributed by atoms with van der Waals surface area (Å²) in [5, 5.41) is 0. The summed E-state index contributed by atoms with van der Waals surface area (Å²) >= 11 is 0. The molecule has 104 valence electrons. The third-order valence-electron chi connectivity index (χ3n) is 3.80. The van der Waals surface area contributed by atoms with Gasteiger partial charge in [-0.25, -0.2) is 14.8 Å². The molecular weight excluding hydrogens is 242 g/mol. The molecule has 5 nitrogen and oxygen atoms in total. The van der Waals surface area contributed by atoms with Gasteiger partial charge in [0.05, 0.1) is 18.4 Å². The Morgan fingerprint density at radius 2 is 2.00 bits per heavy atom. The molecule has 19 heavy (non-hydrogen) atoms. The molecular formula is C14H21N3O2. The number of ether oxygens (including phenoxy) is 1. The number of rotatable bonds is 2. The summed E-state index contributed by atoms with van der Waals surface area (Å²) in [5.74, 6) is 0.327.